The van der Waals surface area contributed by atoms with Crippen LogP contribution in [-0.4, -0.2) is 71.8 Å². The predicted molar refractivity (Wildman–Crippen MR) is 124 cm³/mol. The van der Waals surface area contributed by atoms with Crippen molar-refractivity contribution in [3.63, 3.8) is 0 Å². The van der Waals surface area contributed by atoms with E-state index in [2.05, 4.69) is 31.3 Å². The summed E-state index contributed by atoms with van der Waals surface area (Å²) in [7, 11) is -2.87. The maximum absolute atomic E-state index is 13.5. The van der Waals surface area contributed by atoms with Crippen LogP contribution >= 0.6 is 0 Å². The second-order valence-electron chi connectivity index (χ2n) is 8.57. The van der Waals surface area contributed by atoms with Crippen LogP contribution in [-0.2, 0) is 9.84 Å². The van der Waals surface area contributed by atoms with E-state index in [4.69, 9.17) is 0 Å². The first kappa shape index (κ1) is 21.8. The summed E-state index contributed by atoms with van der Waals surface area (Å²) in [5.41, 5.74) is 3.18. The van der Waals surface area contributed by atoms with Crippen LogP contribution in [0.2, 0.25) is 0 Å². The summed E-state index contributed by atoms with van der Waals surface area (Å²) in [6, 6.07) is 9.62. The molecule has 3 aromatic rings. The molecule has 1 N–H and O–H groups in total. The Bertz CT molecular complexity index is 1260. The number of halogens is 2. The highest BCUT2D eigenvalue weighted by molar-refractivity contribution is 7.91. The van der Waals surface area contributed by atoms with Crippen LogP contribution in [0.25, 0.3) is 5.69 Å². The Hall–Kier alpha value is -3.05. The Balaban J connectivity index is 0.00000274. The smallest absolute Gasteiger partial charge is 0.246 e. The van der Waals surface area contributed by atoms with Crippen molar-refractivity contribution in [1.82, 2.24) is 19.7 Å². The molecule has 3 heterocycles. The number of sulfone groups is 1. The molecule has 2 aliphatic heterocycles. The van der Waals surface area contributed by atoms with E-state index in [1.165, 1.54) is 23.1 Å². The summed E-state index contributed by atoms with van der Waals surface area (Å²) in [5, 5.41) is 7.43. The van der Waals surface area contributed by atoms with Gasteiger partial charge in [0.25, 0.3) is 0 Å². The zero-order valence-corrected chi connectivity index (χ0v) is 18.9. The lowest BCUT2D eigenvalue weighted by Gasteiger charge is -2.47. The van der Waals surface area contributed by atoms with Crippen LogP contribution in [0.5, 0.6) is 0 Å². The van der Waals surface area contributed by atoms with Gasteiger partial charge in [-0.1, -0.05) is 0 Å². The minimum absolute atomic E-state index is 0. The SMILES string of the molecule is Cc1cc(Nc2ncn(-c3cc(F)cc(F)c3)n2)cc(N2CC(N3CCS(=O)(=O)CC3)C2)c1.[HH]. The molecule has 2 fully saturated rings. The van der Waals surface area contributed by atoms with Crippen LogP contribution in [0.3, 0.4) is 0 Å². The number of aryl methyl sites for hydroxylation is 1. The van der Waals surface area contributed by atoms with Gasteiger partial charge in [0.2, 0.25) is 5.95 Å². The van der Waals surface area contributed by atoms with Gasteiger partial charge in [0.1, 0.15) is 18.0 Å². The number of aromatic nitrogens is 3. The van der Waals surface area contributed by atoms with Gasteiger partial charge in [-0.25, -0.2) is 21.9 Å². The number of rotatable bonds is 5. The van der Waals surface area contributed by atoms with Gasteiger partial charge in [-0.3, -0.25) is 4.90 Å². The molecule has 2 saturated heterocycles. The molecule has 5 rings (SSSR count). The van der Waals surface area contributed by atoms with Gasteiger partial charge >= 0.3 is 0 Å². The molecule has 1 aromatic heterocycles. The normalized spacial score (nSPS) is 18.8. The summed E-state index contributed by atoms with van der Waals surface area (Å²) >= 11 is 0. The summed E-state index contributed by atoms with van der Waals surface area (Å²) in [4.78, 5) is 8.72. The van der Waals surface area contributed by atoms with E-state index >= 15 is 0 Å². The van der Waals surface area contributed by atoms with Crippen molar-refractivity contribution in [3.05, 3.63) is 59.9 Å². The largest absolute Gasteiger partial charge is 0.368 e. The van der Waals surface area contributed by atoms with E-state index in [9.17, 15) is 17.2 Å². The van der Waals surface area contributed by atoms with Gasteiger partial charge in [-0.05, 0) is 42.8 Å². The fourth-order valence-electron chi connectivity index (χ4n) is 4.25. The molecule has 0 atom stereocenters. The third kappa shape index (κ3) is 4.83. The lowest BCUT2D eigenvalue weighted by atomic mass is 10.0. The zero-order valence-electron chi connectivity index (χ0n) is 18.1. The monoisotopic (exact) mass is 476 g/mol. The van der Waals surface area contributed by atoms with E-state index in [0.717, 1.165) is 36.1 Å². The average Bonchev–Trinajstić information content (AvgIpc) is 3.15. The number of hydrogen-bond donors (Lipinski definition) is 1. The molecule has 33 heavy (non-hydrogen) atoms. The van der Waals surface area contributed by atoms with Gasteiger partial charge in [-0.15, -0.1) is 5.10 Å². The Morgan fingerprint density at radius 2 is 1.70 bits per heavy atom. The summed E-state index contributed by atoms with van der Waals surface area (Å²) in [6.45, 7) is 4.90. The van der Waals surface area contributed by atoms with Crippen molar-refractivity contribution < 1.29 is 18.6 Å². The van der Waals surface area contributed by atoms with E-state index in [1.807, 2.05) is 19.1 Å². The first-order valence-electron chi connectivity index (χ1n) is 10.7. The maximum atomic E-state index is 13.5. The van der Waals surface area contributed by atoms with Crippen molar-refractivity contribution in [2.45, 2.75) is 13.0 Å². The van der Waals surface area contributed by atoms with Gasteiger partial charge in [-0.2, -0.15) is 4.98 Å². The molecule has 0 amide bonds. The fourth-order valence-corrected chi connectivity index (χ4v) is 5.48. The van der Waals surface area contributed by atoms with E-state index < -0.39 is 21.5 Å². The Morgan fingerprint density at radius 1 is 1.00 bits per heavy atom. The summed E-state index contributed by atoms with van der Waals surface area (Å²) in [5.74, 6) is -0.574. The van der Waals surface area contributed by atoms with Crippen LogP contribution in [0.4, 0.5) is 26.1 Å². The topological polar surface area (TPSA) is 83.4 Å². The molecule has 8 nitrogen and oxygen atoms in total. The highest BCUT2D eigenvalue weighted by Crippen LogP contribution is 2.29. The zero-order chi connectivity index (χ0) is 23.2. The van der Waals surface area contributed by atoms with Crippen LogP contribution < -0.4 is 10.2 Å². The van der Waals surface area contributed by atoms with E-state index in [0.29, 0.717) is 25.1 Å². The summed E-state index contributed by atoms with van der Waals surface area (Å²) < 4.78 is 51.6. The van der Waals surface area contributed by atoms with Gasteiger partial charge in [0.05, 0.1) is 17.2 Å². The van der Waals surface area contributed by atoms with Gasteiger partial charge in [0, 0.05) is 51.1 Å². The fraction of sp³-hybridized carbons (Fsp3) is 0.364. The molecule has 2 aromatic carbocycles. The second kappa shape index (κ2) is 8.38. The molecule has 0 spiro atoms. The molecular weight excluding hydrogens is 450 g/mol. The molecule has 176 valence electrons. The Labute approximate surface area is 192 Å². The van der Waals surface area contributed by atoms with Gasteiger partial charge < -0.3 is 10.2 Å². The van der Waals surface area contributed by atoms with E-state index in [-0.39, 0.29) is 18.6 Å². The number of nitrogens with zero attached hydrogens (tertiary/aromatic N) is 5. The minimum Gasteiger partial charge on any atom is -0.368 e. The molecule has 11 heteroatoms. The van der Waals surface area contributed by atoms with Crippen LogP contribution in [0.1, 0.15) is 6.99 Å². The molecule has 2 aliphatic rings. The molecule has 0 bridgehead atoms. The highest BCUT2D eigenvalue weighted by atomic mass is 32.2. The molecule has 0 saturated carbocycles. The van der Waals surface area contributed by atoms with Crippen LogP contribution in [0, 0.1) is 18.6 Å². The molecule has 0 aliphatic carbocycles. The maximum Gasteiger partial charge on any atom is 0.246 e. The minimum atomic E-state index is -2.87. The van der Waals surface area contributed by atoms with Crippen LogP contribution in [0.15, 0.2) is 42.7 Å². The second-order valence-corrected chi connectivity index (χ2v) is 10.9. The Morgan fingerprint density at radius 3 is 2.39 bits per heavy atom. The number of benzene rings is 2. The van der Waals surface area contributed by atoms with Crippen molar-refractivity contribution in [3.8, 4) is 5.69 Å². The van der Waals surface area contributed by atoms with E-state index in [1.54, 1.807) is 0 Å². The number of nitrogens with one attached hydrogen (secondary N) is 1. The third-order valence-corrected chi connectivity index (χ3v) is 7.65. The van der Waals surface area contributed by atoms with Gasteiger partial charge in [0.15, 0.2) is 9.84 Å². The molecular formula is C22H26F2N6O2S. The number of anilines is 3. The molecule has 0 unspecified atom stereocenters. The quantitative estimate of drug-likeness (QED) is 0.606. The standard InChI is InChI=1S/C22H24F2N6O2S.H2/c1-15-6-18(26-22-25-14-30(27-22)20-9-16(23)8-17(24)10-20)11-19(7-15)29-12-21(13-29)28-2-4-33(31,32)5-3-28;/h6-11,14,21H,2-5,12-13H2,1H3,(H,26,27);1H. The average molecular weight is 477 g/mol. The van der Waals surface area contributed by atoms with Crippen molar-refractivity contribution in [2.24, 2.45) is 0 Å². The van der Waals surface area contributed by atoms with Crippen molar-refractivity contribution in [1.29, 1.82) is 0 Å². The first-order chi connectivity index (χ1) is 15.7. The molecule has 0 radical (unpaired) electrons. The summed E-state index contributed by atoms with van der Waals surface area (Å²) in [6.07, 6.45) is 1.39. The first-order valence-corrected chi connectivity index (χ1v) is 12.5. The lowest BCUT2D eigenvalue weighted by Crippen LogP contribution is -2.62. The van der Waals surface area contributed by atoms with Crippen molar-refractivity contribution in [2.75, 3.05) is 47.9 Å². The number of hydrogen-bond acceptors (Lipinski definition) is 7. The predicted octanol–water partition coefficient (Wildman–Crippen LogP) is 2.76. The lowest BCUT2D eigenvalue weighted by molar-refractivity contribution is 0.180. The third-order valence-electron chi connectivity index (χ3n) is 6.04. The Kier molecular flexibility index (Phi) is 5.53. The van der Waals surface area contributed by atoms with Crippen molar-refractivity contribution >= 4 is 27.2 Å². The highest BCUT2D eigenvalue weighted by Gasteiger charge is 2.35.